The summed E-state index contributed by atoms with van der Waals surface area (Å²) in [5, 5.41) is 0. The molecule has 0 spiro atoms. The van der Waals surface area contributed by atoms with Gasteiger partial charge < -0.3 is 18.9 Å². The van der Waals surface area contributed by atoms with Gasteiger partial charge in [-0.05, 0) is 31.2 Å². The quantitative estimate of drug-likeness (QED) is 0.0915. The Bertz CT molecular complexity index is 1440. The van der Waals surface area contributed by atoms with E-state index in [9.17, 15) is 40.3 Å². The number of rotatable bonds is 7. The van der Waals surface area contributed by atoms with Crippen molar-refractivity contribution >= 4 is 17.8 Å². The average molecular weight is 542 g/mol. The molecule has 0 fully saturated rings. The number of ether oxygens (including phenoxy) is 4. The van der Waals surface area contributed by atoms with Crippen LogP contribution in [0.2, 0.25) is 0 Å². The lowest BCUT2D eigenvalue weighted by atomic mass is 10.1. The molecule has 1 atom stereocenters. The Balaban J connectivity index is 1.50. The highest BCUT2D eigenvalue weighted by molar-refractivity contribution is 6.14. The molecule has 1 aliphatic rings. The first-order valence-corrected chi connectivity index (χ1v) is 10.5. The number of Topliss-reactive ketones (excluding diaryl/α,β-unsaturated/α-hetero) is 1. The molecule has 0 aromatic heterocycles. The summed E-state index contributed by atoms with van der Waals surface area (Å²) < 4.78 is 112. The van der Waals surface area contributed by atoms with Gasteiger partial charge in [0, 0.05) is 11.6 Å². The zero-order chi connectivity index (χ0) is 27.7. The molecule has 198 valence electrons. The topological polar surface area (TPSA) is 71.1 Å². The Kier molecular flexibility index (Phi) is 7.28. The standard InChI is InChI=1S/C25H13F7O6/c1-10(35-23-20(29)18(27)17(26)19(28)21(23)30)24(34)36-12-6-7-13-15(9-12)37-16(22(13)33)8-11-4-2-3-5-14(11)38-25(31)32/h2-10,25H,1H3/b16-8-. The van der Waals surface area contributed by atoms with Crippen LogP contribution in [0.3, 0.4) is 0 Å². The van der Waals surface area contributed by atoms with Crippen LogP contribution >= 0.6 is 0 Å². The lowest BCUT2D eigenvalue weighted by molar-refractivity contribution is -0.141. The number of hydrogen-bond donors (Lipinski definition) is 0. The molecule has 3 aromatic carbocycles. The van der Waals surface area contributed by atoms with E-state index in [-0.39, 0.29) is 34.1 Å². The van der Waals surface area contributed by atoms with Gasteiger partial charge in [-0.15, -0.1) is 0 Å². The molecule has 0 aliphatic carbocycles. The second-order valence-electron chi connectivity index (χ2n) is 7.59. The summed E-state index contributed by atoms with van der Waals surface area (Å²) in [6.07, 6.45) is -0.660. The number of fused-ring (bicyclic) bond motifs is 1. The normalized spacial score (nSPS) is 14.3. The average Bonchev–Trinajstić information content (AvgIpc) is 3.19. The van der Waals surface area contributed by atoms with Gasteiger partial charge >= 0.3 is 12.6 Å². The molecular formula is C25H13F7O6. The second-order valence-corrected chi connectivity index (χ2v) is 7.59. The summed E-state index contributed by atoms with van der Waals surface area (Å²) in [6, 6.07) is 9.13. The zero-order valence-electron chi connectivity index (χ0n) is 18.9. The number of para-hydroxylation sites is 1. The highest BCUT2D eigenvalue weighted by Gasteiger charge is 2.31. The molecule has 0 saturated carbocycles. The van der Waals surface area contributed by atoms with Gasteiger partial charge in [0.25, 0.3) is 0 Å². The Hall–Kier alpha value is -4.55. The maximum absolute atomic E-state index is 13.8. The maximum Gasteiger partial charge on any atom is 0.387 e. The van der Waals surface area contributed by atoms with Crippen LogP contribution in [-0.4, -0.2) is 24.5 Å². The van der Waals surface area contributed by atoms with Gasteiger partial charge in [0.1, 0.15) is 17.2 Å². The van der Waals surface area contributed by atoms with Crippen molar-refractivity contribution in [3.05, 3.63) is 88.4 Å². The highest BCUT2D eigenvalue weighted by Crippen LogP contribution is 2.36. The minimum Gasteiger partial charge on any atom is -0.473 e. The molecule has 1 unspecified atom stereocenters. The van der Waals surface area contributed by atoms with Crippen molar-refractivity contribution in [1.82, 2.24) is 0 Å². The fourth-order valence-electron chi connectivity index (χ4n) is 3.29. The van der Waals surface area contributed by atoms with Gasteiger partial charge in [-0.2, -0.15) is 17.6 Å². The van der Waals surface area contributed by atoms with Crippen molar-refractivity contribution in [2.45, 2.75) is 19.6 Å². The summed E-state index contributed by atoms with van der Waals surface area (Å²) in [7, 11) is 0. The lowest BCUT2D eigenvalue weighted by Gasteiger charge is -2.15. The lowest BCUT2D eigenvalue weighted by Crippen LogP contribution is -2.29. The van der Waals surface area contributed by atoms with Crippen LogP contribution in [-0.2, 0) is 4.79 Å². The molecule has 1 aliphatic heterocycles. The van der Waals surface area contributed by atoms with Crippen LogP contribution in [0.5, 0.6) is 23.0 Å². The summed E-state index contributed by atoms with van der Waals surface area (Å²) >= 11 is 0. The smallest absolute Gasteiger partial charge is 0.387 e. The molecule has 4 rings (SSSR count). The highest BCUT2D eigenvalue weighted by atomic mass is 19.3. The zero-order valence-corrected chi connectivity index (χ0v) is 18.9. The number of alkyl halides is 2. The van der Waals surface area contributed by atoms with E-state index in [0.717, 1.165) is 13.0 Å². The number of benzene rings is 3. The molecule has 13 heteroatoms. The number of esters is 1. The van der Waals surface area contributed by atoms with Crippen LogP contribution in [0.1, 0.15) is 22.8 Å². The molecular weight excluding hydrogens is 529 g/mol. The molecule has 3 aromatic rings. The van der Waals surface area contributed by atoms with Gasteiger partial charge in [-0.25, -0.2) is 18.0 Å². The first kappa shape index (κ1) is 26.5. The molecule has 0 radical (unpaired) electrons. The number of ketones is 1. The molecule has 38 heavy (non-hydrogen) atoms. The third kappa shape index (κ3) is 5.12. The number of carbonyl (C=O) groups is 2. The van der Waals surface area contributed by atoms with Gasteiger partial charge in [-0.3, -0.25) is 4.79 Å². The minimum absolute atomic E-state index is 0.0361. The Morgan fingerprint density at radius 1 is 0.895 bits per heavy atom. The van der Waals surface area contributed by atoms with E-state index >= 15 is 0 Å². The van der Waals surface area contributed by atoms with Crippen LogP contribution in [0, 0.1) is 29.1 Å². The Morgan fingerprint density at radius 3 is 2.18 bits per heavy atom. The fourth-order valence-corrected chi connectivity index (χ4v) is 3.29. The third-order valence-corrected chi connectivity index (χ3v) is 5.08. The molecule has 6 nitrogen and oxygen atoms in total. The molecule has 1 heterocycles. The molecule has 0 amide bonds. The van der Waals surface area contributed by atoms with E-state index in [4.69, 9.17) is 9.47 Å². The number of hydrogen-bond acceptors (Lipinski definition) is 6. The first-order chi connectivity index (χ1) is 18.0. The Morgan fingerprint density at radius 2 is 1.53 bits per heavy atom. The van der Waals surface area contributed by atoms with Crippen LogP contribution in [0.4, 0.5) is 30.7 Å². The molecule has 0 saturated heterocycles. The van der Waals surface area contributed by atoms with Crippen molar-refractivity contribution < 1.29 is 59.3 Å². The van der Waals surface area contributed by atoms with Gasteiger partial charge in [0.05, 0.1) is 5.56 Å². The minimum atomic E-state index is -3.11. The predicted octanol–water partition coefficient (Wildman–Crippen LogP) is 5.97. The van der Waals surface area contributed by atoms with Crippen LogP contribution < -0.4 is 18.9 Å². The second kappa shape index (κ2) is 10.4. The van der Waals surface area contributed by atoms with E-state index in [0.29, 0.717) is 0 Å². The van der Waals surface area contributed by atoms with Crippen LogP contribution in [0.15, 0.2) is 48.2 Å². The molecule has 0 N–H and O–H groups in total. The van der Waals surface area contributed by atoms with Gasteiger partial charge in [0.15, 0.2) is 17.6 Å². The van der Waals surface area contributed by atoms with Crippen LogP contribution in [0.25, 0.3) is 6.08 Å². The van der Waals surface area contributed by atoms with E-state index in [1.54, 1.807) is 0 Å². The van der Waals surface area contributed by atoms with E-state index in [1.165, 1.54) is 42.5 Å². The largest absolute Gasteiger partial charge is 0.473 e. The fraction of sp³-hybridized carbons (Fsp3) is 0.120. The number of carbonyl (C=O) groups excluding carboxylic acids is 2. The third-order valence-electron chi connectivity index (χ3n) is 5.08. The summed E-state index contributed by atoms with van der Waals surface area (Å²) in [5.41, 5.74) is 0.156. The number of halogens is 7. The summed E-state index contributed by atoms with van der Waals surface area (Å²) in [5.74, 6) is -15.8. The van der Waals surface area contributed by atoms with Crippen molar-refractivity contribution in [1.29, 1.82) is 0 Å². The van der Waals surface area contributed by atoms with E-state index < -0.39 is 59.3 Å². The van der Waals surface area contributed by atoms with Crippen molar-refractivity contribution in [3.8, 4) is 23.0 Å². The van der Waals surface area contributed by atoms with Crippen molar-refractivity contribution in [2.24, 2.45) is 0 Å². The first-order valence-electron chi connectivity index (χ1n) is 10.5. The van der Waals surface area contributed by atoms with E-state index in [2.05, 4.69) is 9.47 Å². The Labute approximate surface area is 208 Å². The van der Waals surface area contributed by atoms with Crippen molar-refractivity contribution in [2.75, 3.05) is 0 Å². The molecule has 0 bridgehead atoms. The van der Waals surface area contributed by atoms with Gasteiger partial charge in [-0.1, -0.05) is 18.2 Å². The SMILES string of the molecule is CC(Oc1c(F)c(F)c(F)c(F)c1F)C(=O)Oc1ccc2c(c1)O/C(=C\c1ccccc1OC(F)F)C2=O. The van der Waals surface area contributed by atoms with Gasteiger partial charge in [0.2, 0.25) is 34.9 Å². The van der Waals surface area contributed by atoms with Crippen molar-refractivity contribution in [3.63, 3.8) is 0 Å². The van der Waals surface area contributed by atoms with E-state index in [1.807, 2.05) is 0 Å². The summed E-state index contributed by atoms with van der Waals surface area (Å²) in [6.45, 7) is -2.17. The maximum atomic E-state index is 13.8. The predicted molar refractivity (Wildman–Crippen MR) is 114 cm³/mol. The summed E-state index contributed by atoms with van der Waals surface area (Å²) in [4.78, 5) is 25.0. The number of allylic oxidation sites excluding steroid dienone is 1. The monoisotopic (exact) mass is 542 g/mol.